The Labute approximate surface area is 118 Å². The standard InChI is InChI=1S/C15H16BNO3/c1-11(12-5-3-2-4-6-12)17-15(18)13-7-9-14(10-8-13)16(19)20/h2-11,19-20H,1H3,(H,17,18). The summed E-state index contributed by atoms with van der Waals surface area (Å²) in [7, 11) is -1.52. The lowest BCUT2D eigenvalue weighted by atomic mass is 9.80. The molecule has 0 spiro atoms. The minimum atomic E-state index is -1.52. The van der Waals surface area contributed by atoms with Crippen LogP contribution in [0, 0.1) is 0 Å². The molecule has 3 N–H and O–H groups in total. The zero-order chi connectivity index (χ0) is 14.5. The van der Waals surface area contributed by atoms with E-state index in [9.17, 15) is 4.79 Å². The Morgan fingerprint density at radius 3 is 2.20 bits per heavy atom. The van der Waals surface area contributed by atoms with Crippen LogP contribution in [0.1, 0.15) is 28.9 Å². The molecule has 0 aliphatic carbocycles. The Hall–Kier alpha value is -2.11. The van der Waals surface area contributed by atoms with Crippen LogP contribution in [0.5, 0.6) is 0 Å². The summed E-state index contributed by atoms with van der Waals surface area (Å²) in [6, 6.07) is 15.8. The van der Waals surface area contributed by atoms with Crippen molar-refractivity contribution in [2.45, 2.75) is 13.0 Å². The number of nitrogens with one attached hydrogen (secondary N) is 1. The quantitative estimate of drug-likeness (QED) is 0.721. The second kappa shape index (κ2) is 6.37. The molecule has 20 heavy (non-hydrogen) atoms. The second-order valence-corrected chi connectivity index (χ2v) is 4.60. The molecular weight excluding hydrogens is 253 g/mol. The first-order valence-electron chi connectivity index (χ1n) is 6.40. The number of carbonyl (C=O) groups is 1. The molecule has 0 aliphatic rings. The van der Waals surface area contributed by atoms with Crippen LogP contribution < -0.4 is 10.8 Å². The summed E-state index contributed by atoms with van der Waals surface area (Å²) < 4.78 is 0. The zero-order valence-electron chi connectivity index (χ0n) is 11.2. The van der Waals surface area contributed by atoms with Gasteiger partial charge in [-0.1, -0.05) is 42.5 Å². The van der Waals surface area contributed by atoms with Gasteiger partial charge in [0.2, 0.25) is 0 Å². The molecule has 0 saturated heterocycles. The molecule has 2 aromatic carbocycles. The molecule has 4 nitrogen and oxygen atoms in total. The predicted molar refractivity (Wildman–Crippen MR) is 78.6 cm³/mol. The molecule has 0 aromatic heterocycles. The fraction of sp³-hybridized carbons (Fsp3) is 0.133. The van der Waals surface area contributed by atoms with Gasteiger partial charge < -0.3 is 15.4 Å². The van der Waals surface area contributed by atoms with Crippen LogP contribution in [0.25, 0.3) is 0 Å². The van der Waals surface area contributed by atoms with Crippen molar-refractivity contribution in [3.63, 3.8) is 0 Å². The lowest BCUT2D eigenvalue weighted by Gasteiger charge is -2.14. The third kappa shape index (κ3) is 3.47. The van der Waals surface area contributed by atoms with E-state index >= 15 is 0 Å². The van der Waals surface area contributed by atoms with Crippen LogP contribution in [0.3, 0.4) is 0 Å². The maximum atomic E-state index is 12.1. The second-order valence-electron chi connectivity index (χ2n) is 4.60. The molecule has 1 atom stereocenters. The maximum Gasteiger partial charge on any atom is 0.488 e. The molecule has 0 aliphatic heterocycles. The van der Waals surface area contributed by atoms with Crippen molar-refractivity contribution in [1.29, 1.82) is 0 Å². The number of amides is 1. The number of rotatable bonds is 4. The molecule has 2 rings (SSSR count). The summed E-state index contributed by atoms with van der Waals surface area (Å²) in [6.07, 6.45) is 0. The van der Waals surface area contributed by atoms with E-state index in [2.05, 4.69) is 5.32 Å². The summed E-state index contributed by atoms with van der Waals surface area (Å²) in [5.41, 5.74) is 1.87. The minimum absolute atomic E-state index is 0.0909. The van der Waals surface area contributed by atoms with Crippen LogP contribution >= 0.6 is 0 Å². The lowest BCUT2D eigenvalue weighted by Crippen LogP contribution is -2.31. The highest BCUT2D eigenvalue weighted by atomic mass is 16.4. The molecule has 0 saturated carbocycles. The van der Waals surface area contributed by atoms with Crippen molar-refractivity contribution in [2.24, 2.45) is 0 Å². The van der Waals surface area contributed by atoms with E-state index in [1.807, 2.05) is 37.3 Å². The molecule has 0 bridgehead atoms. The van der Waals surface area contributed by atoms with Gasteiger partial charge >= 0.3 is 7.12 Å². The van der Waals surface area contributed by atoms with E-state index in [1.165, 1.54) is 12.1 Å². The monoisotopic (exact) mass is 269 g/mol. The van der Waals surface area contributed by atoms with Gasteiger partial charge in [0.1, 0.15) is 0 Å². The highest BCUT2D eigenvalue weighted by Crippen LogP contribution is 2.12. The number of benzene rings is 2. The molecular formula is C15H16BNO3. The van der Waals surface area contributed by atoms with Gasteiger partial charge in [-0.05, 0) is 30.1 Å². The Bertz CT molecular complexity index is 569. The van der Waals surface area contributed by atoms with E-state index in [0.29, 0.717) is 11.0 Å². The first-order valence-corrected chi connectivity index (χ1v) is 6.40. The fourth-order valence-corrected chi connectivity index (χ4v) is 1.91. The molecule has 1 unspecified atom stereocenters. The van der Waals surface area contributed by atoms with Gasteiger partial charge in [-0.15, -0.1) is 0 Å². The third-order valence-corrected chi connectivity index (χ3v) is 3.12. The van der Waals surface area contributed by atoms with Gasteiger partial charge in [-0.2, -0.15) is 0 Å². The Morgan fingerprint density at radius 1 is 1.05 bits per heavy atom. The number of carbonyl (C=O) groups excluding carboxylic acids is 1. The molecule has 5 heteroatoms. The summed E-state index contributed by atoms with van der Waals surface area (Å²) in [5, 5.41) is 20.9. The van der Waals surface area contributed by atoms with Crippen LogP contribution in [0.2, 0.25) is 0 Å². The highest BCUT2D eigenvalue weighted by molar-refractivity contribution is 6.58. The maximum absolute atomic E-state index is 12.1. The van der Waals surface area contributed by atoms with Crippen LogP contribution in [0.4, 0.5) is 0 Å². The predicted octanol–water partition coefficient (Wildman–Crippen LogP) is 0.857. The third-order valence-electron chi connectivity index (χ3n) is 3.12. The molecule has 2 aromatic rings. The van der Waals surface area contributed by atoms with Crippen molar-refractivity contribution < 1.29 is 14.8 Å². The smallest absolute Gasteiger partial charge is 0.423 e. The van der Waals surface area contributed by atoms with Gasteiger partial charge in [0.25, 0.3) is 5.91 Å². The average molecular weight is 269 g/mol. The van der Waals surface area contributed by atoms with Crippen LogP contribution in [-0.2, 0) is 0 Å². The van der Waals surface area contributed by atoms with Crippen molar-refractivity contribution in [3.05, 3.63) is 65.7 Å². The van der Waals surface area contributed by atoms with Gasteiger partial charge in [0.05, 0.1) is 6.04 Å². The largest absolute Gasteiger partial charge is 0.488 e. The molecule has 0 heterocycles. The van der Waals surface area contributed by atoms with Crippen molar-refractivity contribution in [2.75, 3.05) is 0 Å². The van der Waals surface area contributed by atoms with E-state index in [-0.39, 0.29) is 11.9 Å². The summed E-state index contributed by atoms with van der Waals surface area (Å²) in [5.74, 6) is -0.194. The van der Waals surface area contributed by atoms with Crippen LogP contribution in [-0.4, -0.2) is 23.1 Å². The molecule has 0 radical (unpaired) electrons. The lowest BCUT2D eigenvalue weighted by molar-refractivity contribution is 0.0940. The van der Waals surface area contributed by atoms with Gasteiger partial charge in [-0.3, -0.25) is 4.79 Å². The topological polar surface area (TPSA) is 69.6 Å². The van der Waals surface area contributed by atoms with Crippen molar-refractivity contribution >= 4 is 18.5 Å². The van der Waals surface area contributed by atoms with Gasteiger partial charge in [-0.25, -0.2) is 0 Å². The van der Waals surface area contributed by atoms with E-state index in [4.69, 9.17) is 10.0 Å². The van der Waals surface area contributed by atoms with Crippen LogP contribution in [0.15, 0.2) is 54.6 Å². The summed E-state index contributed by atoms with van der Waals surface area (Å²) in [4.78, 5) is 12.1. The Balaban J connectivity index is 2.05. The summed E-state index contributed by atoms with van der Waals surface area (Å²) in [6.45, 7) is 1.92. The fourth-order valence-electron chi connectivity index (χ4n) is 1.91. The first kappa shape index (κ1) is 14.3. The van der Waals surface area contributed by atoms with Gasteiger partial charge in [0, 0.05) is 5.56 Å². The van der Waals surface area contributed by atoms with Gasteiger partial charge in [0.15, 0.2) is 0 Å². The van der Waals surface area contributed by atoms with E-state index in [1.54, 1.807) is 12.1 Å². The average Bonchev–Trinajstić information content (AvgIpc) is 2.48. The first-order chi connectivity index (χ1) is 9.58. The van der Waals surface area contributed by atoms with Crippen molar-refractivity contribution in [1.82, 2.24) is 5.32 Å². The summed E-state index contributed by atoms with van der Waals surface area (Å²) >= 11 is 0. The Morgan fingerprint density at radius 2 is 1.65 bits per heavy atom. The van der Waals surface area contributed by atoms with Crippen molar-refractivity contribution in [3.8, 4) is 0 Å². The van der Waals surface area contributed by atoms with E-state index in [0.717, 1.165) is 5.56 Å². The number of hydrogen-bond donors (Lipinski definition) is 3. The normalized spacial score (nSPS) is 11.8. The van der Waals surface area contributed by atoms with E-state index < -0.39 is 7.12 Å². The number of hydrogen-bond acceptors (Lipinski definition) is 3. The SMILES string of the molecule is CC(NC(=O)c1ccc(B(O)O)cc1)c1ccccc1. The minimum Gasteiger partial charge on any atom is -0.423 e. The molecule has 1 amide bonds. The highest BCUT2D eigenvalue weighted by Gasteiger charge is 2.14. The molecule has 0 fully saturated rings. The zero-order valence-corrected chi connectivity index (χ0v) is 11.2. The Kier molecular flexibility index (Phi) is 4.55. The molecule has 102 valence electrons.